The zero-order valence-corrected chi connectivity index (χ0v) is 14.5. The second kappa shape index (κ2) is 6.57. The van der Waals surface area contributed by atoms with Crippen LogP contribution in [0.5, 0.6) is 5.75 Å². The number of phenolic OH excluding ortho intramolecular Hbond substituents is 1. The average Bonchev–Trinajstić information content (AvgIpc) is 2.92. The number of carbonyl (C=O) groups excluding carboxylic acids is 1. The first-order valence-corrected chi connectivity index (χ1v) is 8.37. The molecule has 3 aromatic rings. The van der Waals surface area contributed by atoms with Gasteiger partial charge in [-0.15, -0.1) is 0 Å². The summed E-state index contributed by atoms with van der Waals surface area (Å²) in [6, 6.07) is 17.9. The number of aryl methyl sites for hydroxylation is 1. The molecule has 27 heavy (non-hydrogen) atoms. The Bertz CT molecular complexity index is 1060. The van der Waals surface area contributed by atoms with Crippen molar-refractivity contribution in [2.24, 2.45) is 5.10 Å². The summed E-state index contributed by atoms with van der Waals surface area (Å²) >= 11 is 0. The molecule has 0 fully saturated rings. The molecule has 0 saturated carbocycles. The summed E-state index contributed by atoms with van der Waals surface area (Å²) in [5, 5.41) is 13.6. The first kappa shape index (κ1) is 16.8. The van der Waals surface area contributed by atoms with Crippen molar-refractivity contribution < 1.29 is 14.3 Å². The number of hydrogen-bond acceptors (Lipinski definition) is 4. The largest absolute Gasteiger partial charge is 0.508 e. The third kappa shape index (κ3) is 3.13. The Kier molecular flexibility index (Phi) is 4.08. The monoisotopic (exact) mass is 361 g/mol. The minimum absolute atomic E-state index is 0.136. The highest BCUT2D eigenvalue weighted by molar-refractivity contribution is 6.55. The number of halogens is 1. The summed E-state index contributed by atoms with van der Waals surface area (Å²) in [6.45, 7) is 1.93. The van der Waals surface area contributed by atoms with Crippen molar-refractivity contribution >= 4 is 28.7 Å². The third-order valence-electron chi connectivity index (χ3n) is 4.29. The molecule has 0 atom stereocenters. The molecule has 0 aliphatic carbocycles. The normalized spacial score (nSPS) is 14.5. The number of fused-ring (bicyclic) bond motifs is 1. The van der Waals surface area contributed by atoms with Gasteiger partial charge in [0.15, 0.2) is 5.71 Å². The van der Waals surface area contributed by atoms with Gasteiger partial charge in [-0.1, -0.05) is 12.1 Å². The Balaban J connectivity index is 1.76. The van der Waals surface area contributed by atoms with Crippen LogP contribution in [0.3, 0.4) is 0 Å². The van der Waals surface area contributed by atoms with Crippen molar-refractivity contribution in [2.45, 2.75) is 6.92 Å². The molecule has 0 unspecified atom stereocenters. The molecule has 4 rings (SSSR count). The van der Waals surface area contributed by atoms with Crippen LogP contribution in [0.25, 0.3) is 0 Å². The standard InChI is InChI=1S/C21H16FN3O2/c1-13-3-2-4-16(11-13)25-19-12-14(22)5-10-18(19)20(21(25)27)24-23-15-6-8-17(26)9-7-15/h2-12,23,26H,1H3. The predicted octanol–water partition coefficient (Wildman–Crippen LogP) is 4.33. The van der Waals surface area contributed by atoms with Gasteiger partial charge in [-0.25, -0.2) is 4.39 Å². The Morgan fingerprint density at radius 2 is 1.81 bits per heavy atom. The fraction of sp³-hybridized carbons (Fsp3) is 0.0476. The summed E-state index contributed by atoms with van der Waals surface area (Å²) in [4.78, 5) is 14.5. The maximum atomic E-state index is 13.9. The Hall–Kier alpha value is -3.67. The van der Waals surface area contributed by atoms with Gasteiger partial charge in [0.1, 0.15) is 11.6 Å². The van der Waals surface area contributed by atoms with Crippen LogP contribution in [0.4, 0.5) is 21.5 Å². The SMILES string of the molecule is Cc1cccc(N2C(=O)C(=NNc3ccc(O)cc3)c3ccc(F)cc32)c1. The van der Waals surface area contributed by atoms with Gasteiger partial charge in [0, 0.05) is 11.3 Å². The van der Waals surface area contributed by atoms with Gasteiger partial charge in [0.2, 0.25) is 0 Å². The lowest BCUT2D eigenvalue weighted by molar-refractivity contribution is -0.111. The van der Waals surface area contributed by atoms with Gasteiger partial charge in [-0.05, 0) is 67.1 Å². The van der Waals surface area contributed by atoms with Crippen LogP contribution >= 0.6 is 0 Å². The maximum Gasteiger partial charge on any atom is 0.283 e. The summed E-state index contributed by atoms with van der Waals surface area (Å²) in [7, 11) is 0. The van der Waals surface area contributed by atoms with E-state index < -0.39 is 5.82 Å². The topological polar surface area (TPSA) is 64.9 Å². The van der Waals surface area contributed by atoms with Gasteiger partial charge in [-0.2, -0.15) is 5.10 Å². The Morgan fingerprint density at radius 1 is 1.04 bits per heavy atom. The number of nitrogens with zero attached hydrogens (tertiary/aromatic N) is 2. The number of hydrogen-bond donors (Lipinski definition) is 2. The van der Waals surface area contributed by atoms with Crippen molar-refractivity contribution in [3.8, 4) is 5.75 Å². The van der Waals surface area contributed by atoms with Gasteiger partial charge in [0.05, 0.1) is 11.4 Å². The lowest BCUT2D eigenvalue weighted by Gasteiger charge is -2.17. The van der Waals surface area contributed by atoms with E-state index in [0.29, 0.717) is 22.6 Å². The minimum Gasteiger partial charge on any atom is -0.508 e. The number of phenols is 1. The molecule has 3 aromatic carbocycles. The van der Waals surface area contributed by atoms with Crippen LogP contribution in [0.1, 0.15) is 11.1 Å². The lowest BCUT2D eigenvalue weighted by Crippen LogP contribution is -2.26. The van der Waals surface area contributed by atoms with Crippen molar-refractivity contribution in [3.05, 3.63) is 83.7 Å². The molecule has 0 aromatic heterocycles. The zero-order valence-electron chi connectivity index (χ0n) is 14.5. The van der Waals surface area contributed by atoms with Crippen LogP contribution in [-0.2, 0) is 4.79 Å². The number of amides is 1. The van der Waals surface area contributed by atoms with E-state index in [1.807, 2.05) is 25.1 Å². The van der Waals surface area contributed by atoms with Gasteiger partial charge < -0.3 is 5.11 Å². The predicted molar refractivity (Wildman–Crippen MR) is 103 cm³/mol. The number of nitrogens with one attached hydrogen (secondary N) is 1. The minimum atomic E-state index is -0.424. The van der Waals surface area contributed by atoms with Crippen molar-refractivity contribution in [1.82, 2.24) is 0 Å². The second-order valence-electron chi connectivity index (χ2n) is 6.26. The molecular weight excluding hydrogens is 345 g/mol. The molecule has 6 heteroatoms. The third-order valence-corrected chi connectivity index (χ3v) is 4.29. The molecule has 5 nitrogen and oxygen atoms in total. The molecule has 0 spiro atoms. The smallest absolute Gasteiger partial charge is 0.283 e. The highest BCUT2D eigenvalue weighted by atomic mass is 19.1. The van der Waals surface area contributed by atoms with E-state index in [9.17, 15) is 14.3 Å². The van der Waals surface area contributed by atoms with E-state index in [-0.39, 0.29) is 17.4 Å². The number of anilines is 3. The van der Waals surface area contributed by atoms with Crippen LogP contribution in [0, 0.1) is 12.7 Å². The fourth-order valence-electron chi connectivity index (χ4n) is 3.01. The van der Waals surface area contributed by atoms with Crippen molar-refractivity contribution in [2.75, 3.05) is 10.3 Å². The molecule has 2 N–H and O–H groups in total. The molecular formula is C21H16FN3O2. The second-order valence-corrected chi connectivity index (χ2v) is 6.26. The van der Waals surface area contributed by atoms with Crippen LogP contribution in [0.15, 0.2) is 71.8 Å². The molecule has 0 bridgehead atoms. The molecule has 0 radical (unpaired) electrons. The van der Waals surface area contributed by atoms with Gasteiger partial charge in [0.25, 0.3) is 5.91 Å². The highest BCUT2D eigenvalue weighted by Crippen LogP contribution is 2.36. The first-order chi connectivity index (χ1) is 13.0. The van der Waals surface area contributed by atoms with E-state index in [4.69, 9.17) is 0 Å². The van der Waals surface area contributed by atoms with Crippen LogP contribution in [-0.4, -0.2) is 16.7 Å². The molecule has 1 aliphatic heterocycles. The van der Waals surface area contributed by atoms with E-state index >= 15 is 0 Å². The molecule has 1 heterocycles. The Morgan fingerprint density at radius 3 is 2.56 bits per heavy atom. The average molecular weight is 361 g/mol. The van der Waals surface area contributed by atoms with Crippen molar-refractivity contribution in [3.63, 3.8) is 0 Å². The van der Waals surface area contributed by atoms with Gasteiger partial charge >= 0.3 is 0 Å². The van der Waals surface area contributed by atoms with Crippen LogP contribution < -0.4 is 10.3 Å². The first-order valence-electron chi connectivity index (χ1n) is 8.37. The summed E-state index contributed by atoms with van der Waals surface area (Å²) in [6.07, 6.45) is 0. The maximum absolute atomic E-state index is 13.9. The molecule has 1 aliphatic rings. The van der Waals surface area contributed by atoms with Gasteiger partial charge in [-0.3, -0.25) is 15.1 Å². The van der Waals surface area contributed by atoms with Crippen molar-refractivity contribution in [1.29, 1.82) is 0 Å². The van der Waals surface area contributed by atoms with E-state index in [0.717, 1.165) is 5.56 Å². The summed E-state index contributed by atoms with van der Waals surface area (Å²) in [5.41, 5.74) is 6.28. The molecule has 0 saturated heterocycles. The number of rotatable bonds is 3. The summed E-state index contributed by atoms with van der Waals surface area (Å²) in [5.74, 6) is -0.629. The summed E-state index contributed by atoms with van der Waals surface area (Å²) < 4.78 is 13.9. The lowest BCUT2D eigenvalue weighted by atomic mass is 10.1. The number of benzene rings is 3. The Labute approximate surface area is 155 Å². The fourth-order valence-corrected chi connectivity index (χ4v) is 3.01. The quantitative estimate of drug-likeness (QED) is 0.539. The van der Waals surface area contributed by atoms with Crippen LogP contribution in [0.2, 0.25) is 0 Å². The molecule has 134 valence electrons. The van der Waals surface area contributed by atoms with E-state index in [2.05, 4.69) is 10.5 Å². The van der Waals surface area contributed by atoms with E-state index in [1.54, 1.807) is 24.3 Å². The highest BCUT2D eigenvalue weighted by Gasteiger charge is 2.35. The molecule has 1 amide bonds. The number of carbonyl (C=O) groups is 1. The zero-order chi connectivity index (χ0) is 19.0. The van der Waals surface area contributed by atoms with E-state index in [1.165, 1.54) is 29.2 Å². The number of aromatic hydroxyl groups is 1. The number of hydrazone groups is 1.